The monoisotopic (exact) mass is 409 g/mol. The van der Waals surface area contributed by atoms with Gasteiger partial charge in [-0.05, 0) is 43.9 Å². The lowest BCUT2D eigenvalue weighted by molar-refractivity contribution is -0.113. The Morgan fingerprint density at radius 2 is 1.93 bits per heavy atom. The highest BCUT2D eigenvalue weighted by molar-refractivity contribution is 8.15. The average molecular weight is 410 g/mol. The van der Waals surface area contributed by atoms with Crippen LogP contribution in [0, 0.1) is 0 Å². The number of amides is 1. The molecule has 0 aromatic heterocycles. The number of carbonyl (C=O) groups is 1. The van der Waals surface area contributed by atoms with Crippen LogP contribution in [0.4, 0.5) is 11.4 Å². The van der Waals surface area contributed by atoms with Crippen LogP contribution < -0.4 is 20.1 Å². The van der Waals surface area contributed by atoms with Gasteiger partial charge in [0.1, 0.15) is 10.7 Å². The van der Waals surface area contributed by atoms with E-state index in [2.05, 4.69) is 22.8 Å². The van der Waals surface area contributed by atoms with Crippen LogP contribution in [0.1, 0.15) is 37.7 Å². The van der Waals surface area contributed by atoms with Crippen LogP contribution in [-0.2, 0) is 4.79 Å². The minimum Gasteiger partial charge on any atom is -0.454 e. The number of benzene rings is 2. The minimum atomic E-state index is -0.220. The van der Waals surface area contributed by atoms with Crippen molar-refractivity contribution in [3.63, 3.8) is 0 Å². The van der Waals surface area contributed by atoms with Crippen molar-refractivity contribution in [1.29, 1.82) is 0 Å². The van der Waals surface area contributed by atoms with Crippen LogP contribution in [0.2, 0.25) is 0 Å². The van der Waals surface area contributed by atoms with Crippen LogP contribution in [0.3, 0.4) is 0 Å². The van der Waals surface area contributed by atoms with E-state index in [1.807, 2.05) is 24.3 Å². The van der Waals surface area contributed by atoms with Crippen molar-refractivity contribution < 1.29 is 14.3 Å². The van der Waals surface area contributed by atoms with Crippen molar-refractivity contribution in [2.75, 3.05) is 23.2 Å². The van der Waals surface area contributed by atoms with Gasteiger partial charge in [0.05, 0.1) is 5.75 Å². The first-order chi connectivity index (χ1) is 14.2. The molecule has 2 aromatic rings. The summed E-state index contributed by atoms with van der Waals surface area (Å²) >= 11 is 1.50. The molecule has 150 valence electrons. The molecule has 0 atom stereocenters. The molecule has 0 bridgehead atoms. The quantitative estimate of drug-likeness (QED) is 0.774. The number of thioether (sulfide) groups is 1. The van der Waals surface area contributed by atoms with Gasteiger partial charge >= 0.3 is 0 Å². The molecule has 0 radical (unpaired) electrons. The Kier molecular flexibility index (Phi) is 4.83. The zero-order valence-corrected chi connectivity index (χ0v) is 16.9. The fourth-order valence-corrected chi connectivity index (χ4v) is 5.01. The van der Waals surface area contributed by atoms with Gasteiger partial charge in [0.2, 0.25) is 12.7 Å². The lowest BCUT2D eigenvalue weighted by Crippen LogP contribution is -2.42. The van der Waals surface area contributed by atoms with Crippen LogP contribution in [0.25, 0.3) is 0 Å². The summed E-state index contributed by atoms with van der Waals surface area (Å²) in [7, 11) is 0. The third-order valence-corrected chi connectivity index (χ3v) is 6.51. The summed E-state index contributed by atoms with van der Waals surface area (Å²) in [5.41, 5.74) is 2.67. The second-order valence-corrected chi connectivity index (χ2v) is 8.55. The fraction of sp³-hybridized carbons (Fsp3) is 0.364. The number of ether oxygens (including phenoxy) is 2. The van der Waals surface area contributed by atoms with Gasteiger partial charge in [0.15, 0.2) is 11.5 Å². The Labute approximate surface area is 174 Å². The number of hydrogen-bond acceptors (Lipinski definition) is 6. The predicted molar refractivity (Wildman–Crippen MR) is 116 cm³/mol. The van der Waals surface area contributed by atoms with Gasteiger partial charge in [-0.15, -0.1) is 0 Å². The van der Waals surface area contributed by atoms with Crippen molar-refractivity contribution in [3.8, 4) is 11.5 Å². The van der Waals surface area contributed by atoms with E-state index in [1.165, 1.54) is 31.0 Å². The molecular formula is C22H23N3O3S. The van der Waals surface area contributed by atoms with Gasteiger partial charge in [0, 0.05) is 23.0 Å². The number of fused-ring (bicyclic) bond motifs is 2. The molecular weight excluding hydrogens is 386 g/mol. The molecule has 1 aliphatic carbocycles. The molecule has 7 heteroatoms. The third-order valence-electron chi connectivity index (χ3n) is 5.52. The van der Waals surface area contributed by atoms with E-state index < -0.39 is 0 Å². The largest absolute Gasteiger partial charge is 0.454 e. The Bertz CT molecular complexity index is 970. The van der Waals surface area contributed by atoms with E-state index in [4.69, 9.17) is 14.5 Å². The molecule has 1 saturated carbocycles. The minimum absolute atomic E-state index is 0.0646. The highest BCUT2D eigenvalue weighted by Crippen LogP contribution is 2.39. The summed E-state index contributed by atoms with van der Waals surface area (Å²) in [6.07, 6.45) is 5.70. The van der Waals surface area contributed by atoms with Crippen molar-refractivity contribution in [2.45, 2.75) is 37.8 Å². The van der Waals surface area contributed by atoms with Crippen LogP contribution >= 0.6 is 11.8 Å². The van der Waals surface area contributed by atoms with E-state index in [1.54, 1.807) is 6.07 Å². The first kappa shape index (κ1) is 18.4. The Morgan fingerprint density at radius 1 is 1.10 bits per heavy atom. The molecule has 29 heavy (non-hydrogen) atoms. The van der Waals surface area contributed by atoms with E-state index >= 15 is 0 Å². The van der Waals surface area contributed by atoms with Crippen molar-refractivity contribution in [2.24, 2.45) is 4.99 Å². The van der Waals surface area contributed by atoms with E-state index in [0.717, 1.165) is 29.1 Å². The summed E-state index contributed by atoms with van der Waals surface area (Å²) in [6.45, 7) is 0.220. The number of anilines is 2. The second kappa shape index (κ2) is 7.63. The predicted octanol–water partition coefficient (Wildman–Crippen LogP) is 4.62. The zero-order valence-electron chi connectivity index (χ0n) is 16.1. The smallest absolute Gasteiger partial charge is 0.234 e. The topological polar surface area (TPSA) is 72.0 Å². The van der Waals surface area contributed by atoms with Gasteiger partial charge in [0.25, 0.3) is 0 Å². The Hall–Kier alpha value is -2.67. The number of hydrogen-bond donors (Lipinski definition) is 2. The van der Waals surface area contributed by atoms with Crippen LogP contribution in [0.15, 0.2) is 47.5 Å². The molecule has 2 N–H and O–H groups in total. The summed E-state index contributed by atoms with van der Waals surface area (Å²) in [5.74, 6) is 1.60. The van der Waals surface area contributed by atoms with Gasteiger partial charge in [-0.3, -0.25) is 4.79 Å². The maximum absolute atomic E-state index is 12.6. The number of aliphatic imine (C=N–C) groups is 1. The first-order valence-corrected chi connectivity index (χ1v) is 11.0. The normalized spacial score (nSPS) is 18.6. The Morgan fingerprint density at radius 3 is 2.83 bits per heavy atom. The molecule has 3 aliphatic rings. The molecule has 2 aromatic carbocycles. The molecule has 2 heterocycles. The molecule has 2 aliphatic heterocycles. The highest BCUT2D eigenvalue weighted by atomic mass is 32.2. The lowest BCUT2D eigenvalue weighted by atomic mass is 9.88. The van der Waals surface area contributed by atoms with Crippen LogP contribution in [-0.4, -0.2) is 29.2 Å². The zero-order chi connectivity index (χ0) is 19.7. The Balaban J connectivity index is 1.30. The number of carbonyl (C=O) groups excluding carboxylic acids is 1. The second-order valence-electron chi connectivity index (χ2n) is 7.58. The summed E-state index contributed by atoms with van der Waals surface area (Å²) in [6, 6.07) is 13.7. The molecule has 1 fully saturated rings. The number of nitrogens with one attached hydrogen (secondary N) is 2. The summed E-state index contributed by atoms with van der Waals surface area (Å²) in [5, 5.41) is 7.55. The molecule has 6 nitrogen and oxygen atoms in total. The lowest BCUT2D eigenvalue weighted by Gasteiger charge is -2.39. The maximum Gasteiger partial charge on any atom is 0.234 e. The number of para-hydroxylation sites is 1. The highest BCUT2D eigenvalue weighted by Gasteiger charge is 2.36. The molecule has 0 unspecified atom stereocenters. The summed E-state index contributed by atoms with van der Waals surface area (Å²) in [4.78, 5) is 17.7. The van der Waals surface area contributed by atoms with Gasteiger partial charge in [-0.1, -0.05) is 36.4 Å². The van der Waals surface area contributed by atoms with Gasteiger partial charge in [-0.2, -0.15) is 0 Å². The standard InChI is InChI=1S/C22H23N3O3S/c26-20(23-15-8-9-18-19(12-15)28-14-27-18)13-29-21-16-6-2-3-7-17(16)24-22(25-21)10-4-1-5-11-22/h2-3,6-9,12,24H,1,4-5,10-11,13-14H2,(H,23,26). The van der Waals surface area contributed by atoms with E-state index in [0.29, 0.717) is 22.9 Å². The average Bonchev–Trinajstić information content (AvgIpc) is 3.20. The first-order valence-electron chi connectivity index (χ1n) is 10.0. The number of rotatable bonds is 3. The van der Waals surface area contributed by atoms with Gasteiger partial charge in [-0.25, -0.2) is 4.99 Å². The molecule has 1 spiro atoms. The molecule has 0 saturated heterocycles. The third kappa shape index (κ3) is 3.79. The van der Waals surface area contributed by atoms with E-state index in [-0.39, 0.29) is 18.4 Å². The molecule has 5 rings (SSSR count). The number of nitrogens with zero attached hydrogens (tertiary/aromatic N) is 1. The summed E-state index contributed by atoms with van der Waals surface area (Å²) < 4.78 is 10.7. The fourth-order valence-electron chi connectivity index (χ4n) is 4.10. The van der Waals surface area contributed by atoms with Crippen molar-refractivity contribution in [1.82, 2.24) is 0 Å². The molecule has 1 amide bonds. The van der Waals surface area contributed by atoms with Gasteiger partial charge < -0.3 is 20.1 Å². The van der Waals surface area contributed by atoms with Crippen molar-refractivity contribution >= 4 is 34.1 Å². The van der Waals surface area contributed by atoms with E-state index in [9.17, 15) is 4.79 Å². The SMILES string of the molecule is O=C(CSC1=NC2(CCCCC2)Nc2ccccc21)Nc1ccc2c(c1)OCO2. The maximum atomic E-state index is 12.6. The van der Waals surface area contributed by atoms with Crippen molar-refractivity contribution in [3.05, 3.63) is 48.0 Å². The van der Waals surface area contributed by atoms with Crippen LogP contribution in [0.5, 0.6) is 11.5 Å².